The van der Waals surface area contributed by atoms with Crippen molar-refractivity contribution in [3.63, 3.8) is 0 Å². The van der Waals surface area contributed by atoms with Gasteiger partial charge in [0.25, 0.3) is 0 Å². The summed E-state index contributed by atoms with van der Waals surface area (Å²) in [6.45, 7) is 6.27. The Balaban J connectivity index is 2.25. The van der Waals surface area contributed by atoms with Crippen LogP contribution in [0.4, 0.5) is 0 Å². The molecule has 3 rings (SSSR count). The van der Waals surface area contributed by atoms with Gasteiger partial charge in [0.15, 0.2) is 10.6 Å². The van der Waals surface area contributed by atoms with E-state index in [0.29, 0.717) is 16.4 Å². The molecule has 0 spiro atoms. The van der Waals surface area contributed by atoms with Crippen LogP contribution in [0.3, 0.4) is 0 Å². The van der Waals surface area contributed by atoms with Crippen molar-refractivity contribution in [2.45, 2.75) is 13.5 Å². The summed E-state index contributed by atoms with van der Waals surface area (Å²) >= 11 is 7.65. The van der Waals surface area contributed by atoms with E-state index in [1.165, 1.54) is 17.6 Å². The Hall–Kier alpha value is -2.11. The fourth-order valence-electron chi connectivity index (χ4n) is 2.24. The van der Waals surface area contributed by atoms with Gasteiger partial charge >= 0.3 is 5.91 Å². The predicted molar refractivity (Wildman–Crippen MR) is 88.4 cm³/mol. The number of carbonyl (C=O) groups excluding carboxylic acids is 1. The highest BCUT2D eigenvalue weighted by Crippen LogP contribution is 2.27. The minimum atomic E-state index is -0.405. The van der Waals surface area contributed by atoms with Crippen molar-refractivity contribution in [1.82, 2.24) is 4.57 Å². The summed E-state index contributed by atoms with van der Waals surface area (Å²) in [6.07, 6.45) is 3.22. The maximum absolute atomic E-state index is 12.1. The van der Waals surface area contributed by atoms with Crippen LogP contribution in [0.2, 0.25) is 5.02 Å². The molecule has 1 amide bonds. The molecule has 0 N–H and O–H groups in total. The normalized spacial score (nSPS) is 12.0. The summed E-state index contributed by atoms with van der Waals surface area (Å²) in [5.74, 6) is -0.185. The molecule has 22 heavy (non-hydrogen) atoms. The summed E-state index contributed by atoms with van der Waals surface area (Å²) in [5.41, 5.74) is 1.94. The molecule has 6 heteroatoms. The second kappa shape index (κ2) is 5.94. The molecule has 3 aromatic rings. The van der Waals surface area contributed by atoms with E-state index in [9.17, 15) is 4.79 Å². The molecule has 0 unspecified atom stereocenters. The zero-order valence-electron chi connectivity index (χ0n) is 11.9. The lowest BCUT2D eigenvalue weighted by atomic mass is 10.2. The highest BCUT2D eigenvalue weighted by atomic mass is 35.5. The molecule has 0 bridgehead atoms. The van der Waals surface area contributed by atoms with E-state index in [0.717, 1.165) is 15.8 Å². The Morgan fingerprint density at radius 1 is 1.50 bits per heavy atom. The topological polar surface area (TPSA) is 47.5 Å². The molecule has 112 valence electrons. The Bertz CT molecular complexity index is 920. The molecule has 2 heterocycles. The lowest BCUT2D eigenvalue weighted by molar-refractivity contribution is 0.0971. The van der Waals surface area contributed by atoms with Gasteiger partial charge in [0.05, 0.1) is 16.5 Å². The number of allylic oxidation sites excluding steroid dienone is 1. The molecule has 0 fully saturated rings. The third-order valence-electron chi connectivity index (χ3n) is 3.27. The van der Waals surface area contributed by atoms with Crippen molar-refractivity contribution in [3.05, 3.63) is 64.3 Å². The van der Waals surface area contributed by atoms with Crippen LogP contribution in [0, 0.1) is 6.92 Å². The first-order valence-electron chi connectivity index (χ1n) is 6.63. The van der Waals surface area contributed by atoms with Crippen LogP contribution in [-0.4, -0.2) is 10.5 Å². The zero-order valence-corrected chi connectivity index (χ0v) is 13.4. The molecular weight excluding hydrogens is 320 g/mol. The third kappa shape index (κ3) is 2.53. The van der Waals surface area contributed by atoms with Crippen LogP contribution in [0.25, 0.3) is 10.2 Å². The van der Waals surface area contributed by atoms with E-state index < -0.39 is 5.91 Å². The number of hydrogen-bond acceptors (Lipinski definition) is 3. The Labute approximate surface area is 136 Å². The number of benzene rings is 1. The highest BCUT2D eigenvalue weighted by molar-refractivity contribution is 7.16. The van der Waals surface area contributed by atoms with Gasteiger partial charge in [0, 0.05) is 11.6 Å². The zero-order chi connectivity index (χ0) is 15.7. The summed E-state index contributed by atoms with van der Waals surface area (Å²) in [7, 11) is 0. The van der Waals surface area contributed by atoms with Crippen LogP contribution >= 0.6 is 22.9 Å². The van der Waals surface area contributed by atoms with E-state index >= 15 is 0 Å². The standard InChI is InChI=1S/C16H13ClN2O2S/c1-3-8-19-14-10(2)11(17)6-7-13(14)22-16(19)18-15(20)12-5-4-9-21-12/h3-7,9H,1,8H2,2H3. The molecule has 0 radical (unpaired) electrons. The molecule has 0 atom stereocenters. The summed E-state index contributed by atoms with van der Waals surface area (Å²) < 4.78 is 8.06. The minimum absolute atomic E-state index is 0.220. The minimum Gasteiger partial charge on any atom is -0.459 e. The van der Waals surface area contributed by atoms with Crippen LogP contribution in [0.15, 0.2) is 52.6 Å². The molecule has 0 aliphatic heterocycles. The average molecular weight is 333 g/mol. The number of rotatable bonds is 3. The van der Waals surface area contributed by atoms with Gasteiger partial charge in [-0.05, 0) is 36.8 Å². The van der Waals surface area contributed by atoms with E-state index in [1.54, 1.807) is 18.2 Å². The van der Waals surface area contributed by atoms with Crippen molar-refractivity contribution < 1.29 is 9.21 Å². The monoisotopic (exact) mass is 332 g/mol. The van der Waals surface area contributed by atoms with Gasteiger partial charge in [-0.1, -0.05) is 29.0 Å². The smallest absolute Gasteiger partial charge is 0.315 e. The van der Waals surface area contributed by atoms with Gasteiger partial charge in [-0.2, -0.15) is 4.99 Å². The lowest BCUT2D eigenvalue weighted by Gasteiger charge is -2.05. The van der Waals surface area contributed by atoms with Crippen LogP contribution < -0.4 is 4.80 Å². The van der Waals surface area contributed by atoms with Crippen molar-refractivity contribution in [2.75, 3.05) is 0 Å². The van der Waals surface area contributed by atoms with Crippen molar-refractivity contribution in [3.8, 4) is 0 Å². The number of aromatic nitrogens is 1. The van der Waals surface area contributed by atoms with Crippen LogP contribution in [0.1, 0.15) is 16.1 Å². The summed E-state index contributed by atoms with van der Waals surface area (Å²) in [6, 6.07) is 7.05. The molecule has 1 aromatic carbocycles. The molecule has 0 aliphatic carbocycles. The van der Waals surface area contributed by atoms with E-state index in [2.05, 4.69) is 11.6 Å². The Kier molecular flexibility index (Phi) is 4.00. The van der Waals surface area contributed by atoms with E-state index in [4.69, 9.17) is 16.0 Å². The van der Waals surface area contributed by atoms with Crippen LogP contribution in [0.5, 0.6) is 0 Å². The van der Waals surface area contributed by atoms with E-state index in [-0.39, 0.29) is 5.76 Å². The van der Waals surface area contributed by atoms with Crippen LogP contribution in [-0.2, 0) is 6.54 Å². The fourth-order valence-corrected chi connectivity index (χ4v) is 3.49. The Morgan fingerprint density at radius 3 is 3.00 bits per heavy atom. The van der Waals surface area contributed by atoms with Gasteiger partial charge in [0.1, 0.15) is 0 Å². The van der Waals surface area contributed by atoms with Crippen molar-refractivity contribution >= 4 is 39.1 Å². The van der Waals surface area contributed by atoms with Gasteiger partial charge in [-0.3, -0.25) is 4.79 Å². The number of amides is 1. The van der Waals surface area contributed by atoms with E-state index in [1.807, 2.05) is 23.6 Å². The largest absolute Gasteiger partial charge is 0.459 e. The number of nitrogens with zero attached hydrogens (tertiary/aromatic N) is 2. The number of furan rings is 1. The predicted octanol–water partition coefficient (Wildman–Crippen LogP) is 4.18. The van der Waals surface area contributed by atoms with Gasteiger partial charge in [0.2, 0.25) is 0 Å². The number of halogens is 1. The number of aryl methyl sites for hydroxylation is 1. The fraction of sp³-hybridized carbons (Fsp3) is 0.125. The number of thiazole rings is 1. The molecular formula is C16H13ClN2O2S. The molecule has 4 nitrogen and oxygen atoms in total. The first-order chi connectivity index (χ1) is 10.6. The SMILES string of the molecule is C=CCn1c(=NC(=O)c2ccco2)sc2ccc(Cl)c(C)c21. The third-order valence-corrected chi connectivity index (χ3v) is 4.72. The number of fused-ring (bicyclic) bond motifs is 1. The number of carbonyl (C=O) groups is 1. The highest BCUT2D eigenvalue weighted by Gasteiger charge is 2.13. The van der Waals surface area contributed by atoms with Gasteiger partial charge < -0.3 is 8.98 Å². The summed E-state index contributed by atoms with van der Waals surface area (Å²) in [5, 5.41) is 0.687. The maximum atomic E-state index is 12.1. The van der Waals surface area contributed by atoms with Gasteiger partial charge in [-0.25, -0.2) is 0 Å². The molecule has 0 saturated carbocycles. The first-order valence-corrected chi connectivity index (χ1v) is 7.83. The first kappa shape index (κ1) is 14.8. The molecule has 0 saturated heterocycles. The maximum Gasteiger partial charge on any atom is 0.315 e. The molecule has 2 aromatic heterocycles. The average Bonchev–Trinajstić information content (AvgIpc) is 3.13. The lowest BCUT2D eigenvalue weighted by Crippen LogP contribution is -2.16. The summed E-state index contributed by atoms with van der Waals surface area (Å²) in [4.78, 5) is 16.9. The second-order valence-electron chi connectivity index (χ2n) is 4.70. The molecule has 0 aliphatic rings. The Morgan fingerprint density at radius 2 is 2.32 bits per heavy atom. The quantitative estimate of drug-likeness (QED) is 0.675. The van der Waals surface area contributed by atoms with Crippen molar-refractivity contribution in [1.29, 1.82) is 0 Å². The number of hydrogen-bond donors (Lipinski definition) is 0. The second-order valence-corrected chi connectivity index (χ2v) is 6.11. The van der Waals surface area contributed by atoms with Crippen molar-refractivity contribution in [2.24, 2.45) is 4.99 Å². The van der Waals surface area contributed by atoms with Gasteiger partial charge in [-0.15, -0.1) is 6.58 Å².